The minimum atomic E-state index is -0.696. The molecule has 4 heteroatoms. The molecule has 3 rings (SSSR count). The maximum atomic E-state index is 12.9. The van der Waals surface area contributed by atoms with Gasteiger partial charge in [-0.15, -0.1) is 0 Å². The first-order chi connectivity index (χ1) is 11.5. The Bertz CT molecular complexity index is 621. The number of Topliss-reactive ketones (excluding diaryl/α,β-unsaturated/α-hetero) is 2. The third kappa shape index (κ3) is 3.12. The summed E-state index contributed by atoms with van der Waals surface area (Å²) in [6, 6.07) is 5.03. The van der Waals surface area contributed by atoms with Crippen LogP contribution in [0.4, 0.5) is 0 Å². The largest absolute Gasteiger partial charge is 0.508 e. The maximum Gasteiger partial charge on any atom is 0.148 e. The normalized spacial score (nSPS) is 30.8. The molecular weight excluding hydrogens is 304 g/mol. The van der Waals surface area contributed by atoms with Gasteiger partial charge in [-0.1, -0.05) is 13.0 Å². The van der Waals surface area contributed by atoms with Gasteiger partial charge in [-0.2, -0.15) is 0 Å². The summed E-state index contributed by atoms with van der Waals surface area (Å²) in [6.45, 7) is 2.00. The molecule has 0 atom stereocenters. The molecule has 2 saturated carbocycles. The van der Waals surface area contributed by atoms with Crippen molar-refractivity contribution in [1.82, 2.24) is 0 Å². The number of rotatable bonds is 3. The predicted octanol–water partition coefficient (Wildman–Crippen LogP) is 3.55. The molecule has 0 aromatic heterocycles. The summed E-state index contributed by atoms with van der Waals surface area (Å²) in [5, 5.41) is 9.80. The number of ether oxygens (including phenoxy) is 1. The molecule has 1 N–H and O–H groups in total. The predicted molar refractivity (Wildman–Crippen MR) is 91.2 cm³/mol. The summed E-state index contributed by atoms with van der Waals surface area (Å²) in [4.78, 5) is 25.8. The quantitative estimate of drug-likeness (QED) is 0.861. The Hall–Kier alpha value is -1.68. The third-order valence-electron chi connectivity index (χ3n) is 5.89. The highest BCUT2D eigenvalue weighted by Gasteiger charge is 2.47. The van der Waals surface area contributed by atoms with Gasteiger partial charge in [0, 0.05) is 20.0 Å². The van der Waals surface area contributed by atoms with Gasteiger partial charge in [0.05, 0.1) is 6.10 Å². The molecule has 2 aliphatic carbocycles. The van der Waals surface area contributed by atoms with Gasteiger partial charge in [-0.25, -0.2) is 0 Å². The van der Waals surface area contributed by atoms with Crippen LogP contribution in [0, 0.1) is 5.41 Å². The van der Waals surface area contributed by atoms with Crippen molar-refractivity contribution in [3.8, 4) is 5.75 Å². The number of phenolic OH excluding ortho intramolecular Hbond substituents is 1. The van der Waals surface area contributed by atoms with Crippen molar-refractivity contribution in [1.29, 1.82) is 0 Å². The average molecular weight is 330 g/mol. The Labute approximate surface area is 143 Å². The number of ketones is 2. The number of hydrogen-bond donors (Lipinski definition) is 1. The van der Waals surface area contributed by atoms with Crippen LogP contribution in [0.5, 0.6) is 5.75 Å². The van der Waals surface area contributed by atoms with E-state index >= 15 is 0 Å². The van der Waals surface area contributed by atoms with Crippen molar-refractivity contribution < 1.29 is 19.4 Å². The van der Waals surface area contributed by atoms with Crippen molar-refractivity contribution in [2.75, 3.05) is 7.11 Å². The number of carbonyl (C=O) groups is 2. The van der Waals surface area contributed by atoms with E-state index < -0.39 is 5.92 Å². The molecule has 1 aromatic carbocycles. The van der Waals surface area contributed by atoms with E-state index in [1.807, 2.05) is 13.0 Å². The molecule has 130 valence electrons. The van der Waals surface area contributed by atoms with Gasteiger partial charge in [-0.3, -0.25) is 9.59 Å². The molecule has 1 aromatic rings. The molecule has 4 nitrogen and oxygen atoms in total. The van der Waals surface area contributed by atoms with Crippen LogP contribution in [-0.2, 0) is 20.7 Å². The van der Waals surface area contributed by atoms with Gasteiger partial charge in [0.1, 0.15) is 23.2 Å². The number of phenols is 1. The highest BCUT2D eigenvalue weighted by Crippen LogP contribution is 2.49. The van der Waals surface area contributed by atoms with E-state index in [9.17, 15) is 14.7 Å². The lowest BCUT2D eigenvalue weighted by atomic mass is 9.61. The zero-order valence-electron chi connectivity index (χ0n) is 14.5. The lowest BCUT2D eigenvalue weighted by Crippen LogP contribution is -2.42. The monoisotopic (exact) mass is 330 g/mol. The van der Waals surface area contributed by atoms with Crippen molar-refractivity contribution in [3.05, 3.63) is 29.3 Å². The summed E-state index contributed by atoms with van der Waals surface area (Å²) in [5.74, 6) is -0.550. The zero-order valence-corrected chi connectivity index (χ0v) is 14.5. The molecule has 0 aliphatic heterocycles. The van der Waals surface area contributed by atoms with Crippen molar-refractivity contribution in [2.24, 2.45) is 5.41 Å². The molecular formula is C20H26O4. The summed E-state index contributed by atoms with van der Waals surface area (Å²) in [5.41, 5.74) is 1.51. The second kappa shape index (κ2) is 6.67. The van der Waals surface area contributed by atoms with Crippen LogP contribution in [0.3, 0.4) is 0 Å². The second-order valence-corrected chi connectivity index (χ2v) is 7.39. The number of benzene rings is 1. The number of hydrogen-bond acceptors (Lipinski definition) is 4. The first-order valence-electron chi connectivity index (χ1n) is 8.88. The Morgan fingerprint density at radius 1 is 1.17 bits per heavy atom. The van der Waals surface area contributed by atoms with E-state index in [1.54, 1.807) is 19.2 Å². The molecule has 0 radical (unpaired) electrons. The van der Waals surface area contributed by atoms with E-state index in [-0.39, 0.29) is 28.8 Å². The lowest BCUT2D eigenvalue weighted by molar-refractivity contribution is -0.138. The SMILES string of the molecule is CCc1ccc(O)cc1C1C(=O)CC2(CCC(OC)CC2)CC1=O. The first kappa shape index (κ1) is 17.2. The molecule has 24 heavy (non-hydrogen) atoms. The molecule has 0 amide bonds. The van der Waals surface area contributed by atoms with Gasteiger partial charge >= 0.3 is 0 Å². The summed E-state index contributed by atoms with van der Waals surface area (Å²) in [7, 11) is 1.73. The Morgan fingerprint density at radius 2 is 1.79 bits per heavy atom. The van der Waals surface area contributed by atoms with E-state index in [1.165, 1.54) is 0 Å². The van der Waals surface area contributed by atoms with Gasteiger partial charge in [0.15, 0.2) is 0 Å². The van der Waals surface area contributed by atoms with Crippen LogP contribution in [0.2, 0.25) is 0 Å². The zero-order chi connectivity index (χ0) is 17.3. The number of aryl methyl sites for hydroxylation is 1. The Morgan fingerprint density at radius 3 is 2.33 bits per heavy atom. The lowest BCUT2D eigenvalue weighted by Gasteiger charge is -2.43. The molecule has 2 aliphatic rings. The van der Waals surface area contributed by atoms with E-state index in [0.29, 0.717) is 18.4 Å². The summed E-state index contributed by atoms with van der Waals surface area (Å²) in [6.07, 6.45) is 5.57. The summed E-state index contributed by atoms with van der Waals surface area (Å²) >= 11 is 0. The highest BCUT2D eigenvalue weighted by molar-refractivity contribution is 6.10. The second-order valence-electron chi connectivity index (χ2n) is 7.39. The Kier molecular flexibility index (Phi) is 4.77. The van der Waals surface area contributed by atoms with Gasteiger partial charge in [0.25, 0.3) is 0 Å². The maximum absolute atomic E-state index is 12.9. The van der Waals surface area contributed by atoms with Crippen molar-refractivity contribution >= 4 is 11.6 Å². The molecule has 0 unspecified atom stereocenters. The van der Waals surface area contributed by atoms with Crippen LogP contribution < -0.4 is 0 Å². The first-order valence-corrected chi connectivity index (χ1v) is 8.88. The molecule has 0 heterocycles. The van der Waals surface area contributed by atoms with Crippen LogP contribution in [-0.4, -0.2) is 29.9 Å². The van der Waals surface area contributed by atoms with Gasteiger partial charge < -0.3 is 9.84 Å². The Balaban J connectivity index is 1.84. The topological polar surface area (TPSA) is 63.6 Å². The number of methoxy groups -OCH3 is 1. The van der Waals surface area contributed by atoms with Crippen LogP contribution in [0.25, 0.3) is 0 Å². The number of aromatic hydroxyl groups is 1. The molecule has 1 spiro atoms. The van der Waals surface area contributed by atoms with Crippen molar-refractivity contribution in [3.63, 3.8) is 0 Å². The van der Waals surface area contributed by atoms with E-state index in [4.69, 9.17) is 4.74 Å². The van der Waals surface area contributed by atoms with E-state index in [0.717, 1.165) is 37.7 Å². The molecule has 0 saturated heterocycles. The fraction of sp³-hybridized carbons (Fsp3) is 0.600. The number of carbonyl (C=O) groups excluding carboxylic acids is 2. The van der Waals surface area contributed by atoms with Gasteiger partial charge in [0.2, 0.25) is 0 Å². The van der Waals surface area contributed by atoms with Crippen molar-refractivity contribution in [2.45, 2.75) is 63.9 Å². The standard InChI is InChI=1S/C20H26O4/c1-3-13-4-5-14(21)10-16(13)19-17(22)11-20(12-18(19)23)8-6-15(24-2)7-9-20/h4-5,10,15,19,21H,3,6-9,11-12H2,1-2H3. The fourth-order valence-corrected chi connectivity index (χ4v) is 4.50. The van der Waals surface area contributed by atoms with Crippen LogP contribution in [0.1, 0.15) is 62.5 Å². The smallest absolute Gasteiger partial charge is 0.148 e. The fourth-order valence-electron chi connectivity index (χ4n) is 4.50. The van der Waals surface area contributed by atoms with Gasteiger partial charge in [-0.05, 0) is 60.8 Å². The highest BCUT2D eigenvalue weighted by atomic mass is 16.5. The average Bonchev–Trinajstić information content (AvgIpc) is 2.55. The van der Waals surface area contributed by atoms with E-state index in [2.05, 4.69) is 0 Å². The summed E-state index contributed by atoms with van der Waals surface area (Å²) < 4.78 is 5.42. The molecule has 2 fully saturated rings. The van der Waals surface area contributed by atoms with Crippen LogP contribution >= 0.6 is 0 Å². The minimum absolute atomic E-state index is 0.0161. The molecule has 0 bridgehead atoms. The minimum Gasteiger partial charge on any atom is -0.508 e. The van der Waals surface area contributed by atoms with Crippen LogP contribution in [0.15, 0.2) is 18.2 Å². The third-order valence-corrected chi connectivity index (χ3v) is 5.89.